The molecule has 0 aliphatic carbocycles. The Morgan fingerprint density at radius 1 is 0.868 bits per heavy atom. The van der Waals surface area contributed by atoms with Gasteiger partial charge in [-0.3, -0.25) is 0 Å². The van der Waals surface area contributed by atoms with Crippen molar-refractivity contribution in [1.82, 2.24) is 9.97 Å². The maximum Gasteiger partial charge on any atom is 0.141 e. The predicted molar refractivity (Wildman–Crippen MR) is 167 cm³/mol. The van der Waals surface area contributed by atoms with Gasteiger partial charge in [0.1, 0.15) is 28.2 Å². The van der Waals surface area contributed by atoms with Crippen LogP contribution < -0.4 is 4.74 Å². The Morgan fingerprint density at radius 3 is 2.13 bits per heavy atom. The topological polar surface area (TPSA) is 35.0 Å². The van der Waals surface area contributed by atoms with Crippen LogP contribution in [0.4, 0.5) is 0 Å². The SMILES string of the molecule is CCCCCCCCC(Oc1ccc(-c2csc3ncnc(Cl)c23)c(C)c1Cl)C(C(C)C)(C(C)C)C(C)C. The molecule has 0 fully saturated rings. The first-order chi connectivity index (χ1) is 18.1. The molecular formula is C32H46Cl2N2OS. The fourth-order valence-corrected chi connectivity index (χ4v) is 8.28. The largest absolute Gasteiger partial charge is 0.488 e. The minimum absolute atomic E-state index is 0.0355. The monoisotopic (exact) mass is 576 g/mol. The zero-order valence-electron chi connectivity index (χ0n) is 24.5. The van der Waals surface area contributed by atoms with E-state index in [9.17, 15) is 0 Å². The van der Waals surface area contributed by atoms with Gasteiger partial charge in [-0.25, -0.2) is 9.97 Å². The van der Waals surface area contributed by atoms with Gasteiger partial charge in [0.15, 0.2) is 0 Å². The van der Waals surface area contributed by atoms with E-state index in [0.29, 0.717) is 27.9 Å². The second kappa shape index (κ2) is 13.8. The van der Waals surface area contributed by atoms with Gasteiger partial charge >= 0.3 is 0 Å². The molecule has 1 atom stereocenters. The first-order valence-corrected chi connectivity index (χ1v) is 16.0. The molecule has 1 unspecified atom stereocenters. The number of aromatic nitrogens is 2. The zero-order chi connectivity index (χ0) is 28.0. The molecule has 1 aromatic carbocycles. The Labute approximate surface area is 244 Å². The third kappa shape index (κ3) is 6.34. The molecule has 0 spiro atoms. The Kier molecular flexibility index (Phi) is 11.3. The van der Waals surface area contributed by atoms with Crippen molar-refractivity contribution < 1.29 is 4.74 Å². The summed E-state index contributed by atoms with van der Waals surface area (Å²) in [6.07, 6.45) is 10.3. The fraction of sp³-hybridized carbons (Fsp3) is 0.625. The summed E-state index contributed by atoms with van der Waals surface area (Å²) in [7, 11) is 0. The van der Waals surface area contributed by atoms with Gasteiger partial charge in [-0.15, -0.1) is 11.3 Å². The van der Waals surface area contributed by atoms with Crippen molar-refractivity contribution in [2.24, 2.45) is 23.2 Å². The highest BCUT2D eigenvalue weighted by Gasteiger charge is 2.48. The summed E-state index contributed by atoms with van der Waals surface area (Å²) >= 11 is 15.1. The smallest absolute Gasteiger partial charge is 0.141 e. The lowest BCUT2D eigenvalue weighted by Crippen LogP contribution is -2.51. The van der Waals surface area contributed by atoms with Crippen molar-refractivity contribution in [3.05, 3.63) is 39.6 Å². The Hall–Kier alpha value is -1.36. The molecule has 0 amide bonds. The standard InChI is InChI=1S/C32H46Cl2N2OS/c1-9-10-11-12-13-14-15-27(32(20(2)3,21(4)5)22(6)7)37-26-17-16-24(23(8)29(26)33)25-18-38-31-28(25)30(34)35-19-36-31/h16-22,27H,9-15H2,1-8H3. The van der Waals surface area contributed by atoms with Crippen molar-refractivity contribution in [3.63, 3.8) is 0 Å². The van der Waals surface area contributed by atoms with Crippen LogP contribution in [0.25, 0.3) is 21.3 Å². The van der Waals surface area contributed by atoms with Crippen LogP contribution in [0.2, 0.25) is 10.2 Å². The van der Waals surface area contributed by atoms with Crippen molar-refractivity contribution in [2.75, 3.05) is 0 Å². The second-order valence-corrected chi connectivity index (χ2v) is 13.3. The predicted octanol–water partition coefficient (Wildman–Crippen LogP) is 11.4. The van der Waals surface area contributed by atoms with Gasteiger partial charge < -0.3 is 4.74 Å². The van der Waals surface area contributed by atoms with E-state index in [1.54, 1.807) is 11.3 Å². The summed E-state index contributed by atoms with van der Waals surface area (Å²) < 4.78 is 7.01. The molecule has 6 heteroatoms. The minimum Gasteiger partial charge on any atom is -0.488 e. The van der Waals surface area contributed by atoms with E-state index < -0.39 is 0 Å². The number of hydrogen-bond acceptors (Lipinski definition) is 4. The van der Waals surface area contributed by atoms with Crippen LogP contribution in [0.15, 0.2) is 23.8 Å². The van der Waals surface area contributed by atoms with Crippen molar-refractivity contribution in [2.45, 2.75) is 106 Å². The van der Waals surface area contributed by atoms with E-state index >= 15 is 0 Å². The molecule has 3 nitrogen and oxygen atoms in total. The number of fused-ring (bicyclic) bond motifs is 1. The molecule has 3 rings (SSSR count). The second-order valence-electron chi connectivity index (χ2n) is 11.7. The van der Waals surface area contributed by atoms with E-state index in [0.717, 1.165) is 39.1 Å². The van der Waals surface area contributed by atoms with Gasteiger partial charge in [0.25, 0.3) is 0 Å². The average Bonchev–Trinajstić information content (AvgIpc) is 3.29. The molecule has 0 aliphatic heterocycles. The molecule has 38 heavy (non-hydrogen) atoms. The van der Waals surface area contributed by atoms with E-state index in [1.807, 2.05) is 6.07 Å². The lowest BCUT2D eigenvalue weighted by atomic mass is 9.58. The van der Waals surface area contributed by atoms with Crippen LogP contribution in [-0.4, -0.2) is 16.1 Å². The lowest BCUT2D eigenvalue weighted by Gasteiger charge is -2.50. The number of nitrogens with zero attached hydrogens (tertiary/aromatic N) is 2. The van der Waals surface area contributed by atoms with Crippen molar-refractivity contribution >= 4 is 44.8 Å². The highest BCUT2D eigenvalue weighted by atomic mass is 35.5. The molecule has 2 heterocycles. The van der Waals surface area contributed by atoms with Crippen LogP contribution in [0.5, 0.6) is 5.75 Å². The van der Waals surface area contributed by atoms with E-state index in [2.05, 4.69) is 76.8 Å². The molecule has 0 aliphatic rings. The summed E-state index contributed by atoms with van der Waals surface area (Å²) in [5.74, 6) is 2.21. The van der Waals surface area contributed by atoms with Crippen LogP contribution >= 0.6 is 34.5 Å². The maximum atomic E-state index is 7.07. The van der Waals surface area contributed by atoms with Gasteiger partial charge in [-0.05, 0) is 54.7 Å². The van der Waals surface area contributed by atoms with Crippen LogP contribution in [0, 0.1) is 30.1 Å². The first-order valence-electron chi connectivity index (χ1n) is 14.4. The highest BCUT2D eigenvalue weighted by Crippen LogP contribution is 2.50. The number of benzene rings is 1. The van der Waals surface area contributed by atoms with Gasteiger partial charge in [0.2, 0.25) is 0 Å². The van der Waals surface area contributed by atoms with Crippen molar-refractivity contribution in [1.29, 1.82) is 0 Å². The molecule has 0 saturated carbocycles. The third-order valence-electron chi connectivity index (χ3n) is 8.61. The Bertz CT molecular complexity index is 1170. The van der Waals surface area contributed by atoms with Gasteiger partial charge in [-0.2, -0.15) is 0 Å². The minimum atomic E-state index is 0.0355. The highest BCUT2D eigenvalue weighted by molar-refractivity contribution is 7.17. The van der Waals surface area contributed by atoms with Gasteiger partial charge in [0.05, 0.1) is 10.4 Å². The molecule has 0 saturated heterocycles. The molecule has 2 aromatic heterocycles. The number of ether oxygens (including phenoxy) is 1. The first kappa shape index (κ1) is 31.2. The Balaban J connectivity index is 1.97. The fourth-order valence-electron chi connectivity index (χ4n) is 6.87. The molecular weight excluding hydrogens is 531 g/mol. The van der Waals surface area contributed by atoms with E-state index in [4.69, 9.17) is 27.9 Å². The summed E-state index contributed by atoms with van der Waals surface area (Å²) in [4.78, 5) is 9.48. The molecule has 3 aromatic rings. The number of hydrogen-bond donors (Lipinski definition) is 0. The summed E-state index contributed by atoms with van der Waals surface area (Å²) in [5.41, 5.74) is 3.09. The van der Waals surface area contributed by atoms with Crippen LogP contribution in [-0.2, 0) is 0 Å². The molecule has 0 radical (unpaired) electrons. The molecule has 0 N–H and O–H groups in total. The van der Waals surface area contributed by atoms with Crippen LogP contribution in [0.1, 0.15) is 99.0 Å². The number of unbranched alkanes of at least 4 members (excludes halogenated alkanes) is 5. The van der Waals surface area contributed by atoms with E-state index in [1.165, 1.54) is 44.9 Å². The van der Waals surface area contributed by atoms with Gasteiger partial charge in [-0.1, -0.05) is 110 Å². The third-order valence-corrected chi connectivity index (χ3v) is 10.3. The summed E-state index contributed by atoms with van der Waals surface area (Å²) in [5, 5.41) is 4.11. The molecule has 0 bridgehead atoms. The van der Waals surface area contributed by atoms with Gasteiger partial charge in [0, 0.05) is 16.4 Å². The average molecular weight is 578 g/mol. The maximum absolute atomic E-state index is 7.07. The number of thiophene rings is 1. The summed E-state index contributed by atoms with van der Waals surface area (Å²) in [6.45, 7) is 18.5. The van der Waals surface area contributed by atoms with E-state index in [-0.39, 0.29) is 11.5 Å². The molecule has 210 valence electrons. The zero-order valence-corrected chi connectivity index (χ0v) is 26.9. The number of rotatable bonds is 14. The van der Waals surface area contributed by atoms with Crippen molar-refractivity contribution in [3.8, 4) is 16.9 Å². The normalized spacial score (nSPS) is 13.3. The quantitative estimate of drug-likeness (QED) is 0.141. The Morgan fingerprint density at radius 2 is 1.50 bits per heavy atom. The van der Waals surface area contributed by atoms with Crippen LogP contribution in [0.3, 0.4) is 0 Å². The number of halogens is 2. The lowest BCUT2D eigenvalue weighted by molar-refractivity contribution is -0.0713. The summed E-state index contributed by atoms with van der Waals surface area (Å²) in [6, 6.07) is 4.16.